The molecule has 0 saturated heterocycles. The van der Waals surface area contributed by atoms with Crippen LogP contribution in [0.1, 0.15) is 38.4 Å². The zero-order valence-corrected chi connectivity index (χ0v) is 15.2. The fourth-order valence-electron chi connectivity index (χ4n) is 2.46. The third-order valence-electron chi connectivity index (χ3n) is 3.71. The SMILES string of the molecule is CCOc1ccc(NCc2ccc(/C=C/[C@H](C)CC(C)=O)cn2)cc1. The Morgan fingerprint density at radius 1 is 1.24 bits per heavy atom. The topological polar surface area (TPSA) is 51.2 Å². The van der Waals surface area contributed by atoms with Crippen LogP contribution in [0.4, 0.5) is 5.69 Å². The summed E-state index contributed by atoms with van der Waals surface area (Å²) in [4.78, 5) is 15.6. The third kappa shape index (κ3) is 6.79. The lowest BCUT2D eigenvalue weighted by Crippen LogP contribution is -2.01. The molecule has 0 aliphatic carbocycles. The number of ether oxygens (including phenoxy) is 1. The molecule has 0 aliphatic heterocycles. The van der Waals surface area contributed by atoms with Crippen molar-refractivity contribution in [2.24, 2.45) is 5.92 Å². The van der Waals surface area contributed by atoms with Gasteiger partial charge in [-0.2, -0.15) is 0 Å². The molecule has 1 aromatic carbocycles. The van der Waals surface area contributed by atoms with Crippen LogP contribution in [-0.4, -0.2) is 17.4 Å². The number of carbonyl (C=O) groups is 1. The zero-order chi connectivity index (χ0) is 18.1. The Morgan fingerprint density at radius 2 is 2.00 bits per heavy atom. The maximum absolute atomic E-state index is 11.1. The largest absolute Gasteiger partial charge is 0.494 e. The lowest BCUT2D eigenvalue weighted by atomic mass is 10.0. The number of hydrogen-bond acceptors (Lipinski definition) is 4. The molecule has 0 spiro atoms. The first-order valence-corrected chi connectivity index (χ1v) is 8.66. The van der Waals surface area contributed by atoms with E-state index in [4.69, 9.17) is 4.74 Å². The molecule has 1 atom stereocenters. The Bertz CT molecular complexity index is 691. The second-order valence-corrected chi connectivity index (χ2v) is 6.14. The second-order valence-electron chi connectivity index (χ2n) is 6.14. The predicted octanol–water partition coefficient (Wildman–Crippen LogP) is 4.72. The number of allylic oxidation sites excluding steroid dienone is 1. The van der Waals surface area contributed by atoms with E-state index in [0.29, 0.717) is 19.6 Å². The molecule has 4 nitrogen and oxygen atoms in total. The number of ketones is 1. The molecule has 0 saturated carbocycles. The first-order valence-electron chi connectivity index (χ1n) is 8.66. The number of Topliss-reactive ketones (excluding diaryl/α,β-unsaturated/α-hetero) is 1. The quantitative estimate of drug-likeness (QED) is 0.719. The Balaban J connectivity index is 1.85. The molecule has 2 aromatic rings. The molecule has 0 aliphatic rings. The normalized spacial score (nSPS) is 12.1. The van der Waals surface area contributed by atoms with Crippen LogP contribution in [0.15, 0.2) is 48.7 Å². The second kappa shape index (κ2) is 9.62. The average Bonchev–Trinajstić information content (AvgIpc) is 2.60. The molecule has 0 radical (unpaired) electrons. The van der Waals surface area contributed by atoms with E-state index in [1.54, 1.807) is 6.92 Å². The number of rotatable bonds is 9. The van der Waals surface area contributed by atoms with Gasteiger partial charge < -0.3 is 14.8 Å². The summed E-state index contributed by atoms with van der Waals surface area (Å²) in [5, 5.41) is 3.35. The molecule has 0 bridgehead atoms. The van der Waals surface area contributed by atoms with Gasteiger partial charge >= 0.3 is 0 Å². The molecule has 132 valence electrons. The Kier molecular flexibility index (Phi) is 7.20. The van der Waals surface area contributed by atoms with Gasteiger partial charge in [0.15, 0.2) is 0 Å². The molecule has 1 N–H and O–H groups in total. The van der Waals surface area contributed by atoms with Gasteiger partial charge in [0, 0.05) is 18.3 Å². The predicted molar refractivity (Wildman–Crippen MR) is 103 cm³/mol. The Morgan fingerprint density at radius 3 is 2.60 bits per heavy atom. The fourth-order valence-corrected chi connectivity index (χ4v) is 2.46. The van der Waals surface area contributed by atoms with Gasteiger partial charge in [-0.1, -0.05) is 25.1 Å². The minimum atomic E-state index is 0.214. The summed E-state index contributed by atoms with van der Waals surface area (Å²) in [6, 6.07) is 12.0. The van der Waals surface area contributed by atoms with Crippen LogP contribution < -0.4 is 10.1 Å². The van der Waals surface area contributed by atoms with E-state index >= 15 is 0 Å². The third-order valence-corrected chi connectivity index (χ3v) is 3.71. The standard InChI is InChI=1S/C21H26N2O2/c1-4-25-21-11-9-19(10-12-21)23-15-20-8-7-18(14-22-20)6-5-16(2)13-17(3)24/h5-12,14,16,23H,4,13,15H2,1-3H3/b6-5+/t16-/m0/s1. The van der Waals surface area contributed by atoms with E-state index in [1.165, 1.54) is 0 Å². The van der Waals surface area contributed by atoms with Gasteiger partial charge in [0.25, 0.3) is 0 Å². The molecule has 1 heterocycles. The van der Waals surface area contributed by atoms with Crippen LogP contribution >= 0.6 is 0 Å². The van der Waals surface area contributed by atoms with Crippen molar-refractivity contribution in [1.29, 1.82) is 0 Å². The highest BCUT2D eigenvalue weighted by Crippen LogP contribution is 2.16. The van der Waals surface area contributed by atoms with E-state index in [9.17, 15) is 4.79 Å². The highest BCUT2D eigenvalue weighted by molar-refractivity contribution is 5.76. The maximum Gasteiger partial charge on any atom is 0.130 e. The molecule has 0 fully saturated rings. The molecule has 0 amide bonds. The summed E-state index contributed by atoms with van der Waals surface area (Å²) < 4.78 is 5.43. The summed E-state index contributed by atoms with van der Waals surface area (Å²) in [5.74, 6) is 1.34. The summed E-state index contributed by atoms with van der Waals surface area (Å²) in [6.07, 6.45) is 6.50. The molecular formula is C21H26N2O2. The van der Waals surface area contributed by atoms with Crippen molar-refractivity contribution < 1.29 is 9.53 Å². The van der Waals surface area contributed by atoms with Crippen molar-refractivity contribution in [1.82, 2.24) is 4.98 Å². The summed E-state index contributed by atoms with van der Waals surface area (Å²) in [7, 11) is 0. The summed E-state index contributed by atoms with van der Waals surface area (Å²) in [6.45, 7) is 6.98. The van der Waals surface area contributed by atoms with Crippen LogP contribution in [0.25, 0.3) is 6.08 Å². The molecule has 1 aromatic heterocycles. The zero-order valence-electron chi connectivity index (χ0n) is 15.2. The van der Waals surface area contributed by atoms with E-state index < -0.39 is 0 Å². The van der Waals surface area contributed by atoms with Crippen LogP contribution in [-0.2, 0) is 11.3 Å². The van der Waals surface area contributed by atoms with Crippen molar-refractivity contribution >= 4 is 17.5 Å². The van der Waals surface area contributed by atoms with Gasteiger partial charge in [-0.3, -0.25) is 4.98 Å². The highest BCUT2D eigenvalue weighted by atomic mass is 16.5. The van der Waals surface area contributed by atoms with Crippen LogP contribution in [0.5, 0.6) is 5.75 Å². The van der Waals surface area contributed by atoms with Gasteiger partial charge in [0.05, 0.1) is 18.8 Å². The van der Waals surface area contributed by atoms with Crippen molar-refractivity contribution in [3.05, 3.63) is 59.9 Å². The van der Waals surface area contributed by atoms with Crippen LogP contribution in [0.3, 0.4) is 0 Å². The number of pyridine rings is 1. The van der Waals surface area contributed by atoms with Crippen LogP contribution in [0, 0.1) is 5.92 Å². The lowest BCUT2D eigenvalue weighted by Gasteiger charge is -2.08. The van der Waals surface area contributed by atoms with Crippen molar-refractivity contribution in [2.45, 2.75) is 33.7 Å². The number of aromatic nitrogens is 1. The van der Waals surface area contributed by atoms with Crippen molar-refractivity contribution in [3.63, 3.8) is 0 Å². The van der Waals surface area contributed by atoms with Gasteiger partial charge in [-0.05, 0) is 55.7 Å². The minimum absolute atomic E-state index is 0.214. The smallest absolute Gasteiger partial charge is 0.130 e. The first kappa shape index (κ1) is 18.7. The van der Waals surface area contributed by atoms with Crippen molar-refractivity contribution in [2.75, 3.05) is 11.9 Å². The van der Waals surface area contributed by atoms with Gasteiger partial charge in [-0.15, -0.1) is 0 Å². The van der Waals surface area contributed by atoms with Crippen molar-refractivity contribution in [3.8, 4) is 5.75 Å². The lowest BCUT2D eigenvalue weighted by molar-refractivity contribution is -0.117. The average molecular weight is 338 g/mol. The van der Waals surface area contributed by atoms with Gasteiger partial charge in [0.2, 0.25) is 0 Å². The first-order chi connectivity index (χ1) is 12.1. The summed E-state index contributed by atoms with van der Waals surface area (Å²) >= 11 is 0. The number of anilines is 1. The molecule has 0 unspecified atom stereocenters. The van der Waals surface area contributed by atoms with E-state index in [2.05, 4.69) is 16.4 Å². The van der Waals surface area contributed by atoms with Gasteiger partial charge in [-0.25, -0.2) is 0 Å². The Labute approximate surface area is 149 Å². The number of carbonyl (C=O) groups excluding carboxylic acids is 1. The van der Waals surface area contributed by atoms with Gasteiger partial charge in [0.1, 0.15) is 11.5 Å². The number of nitrogens with one attached hydrogen (secondary N) is 1. The monoisotopic (exact) mass is 338 g/mol. The number of hydrogen-bond donors (Lipinski definition) is 1. The number of nitrogens with zero attached hydrogens (tertiary/aromatic N) is 1. The fraction of sp³-hybridized carbons (Fsp3) is 0.333. The molecule has 25 heavy (non-hydrogen) atoms. The maximum atomic E-state index is 11.1. The summed E-state index contributed by atoms with van der Waals surface area (Å²) in [5.41, 5.74) is 3.05. The minimum Gasteiger partial charge on any atom is -0.494 e. The Hall–Kier alpha value is -2.62. The van der Waals surface area contributed by atoms with E-state index in [1.807, 2.05) is 62.5 Å². The number of benzene rings is 1. The highest BCUT2D eigenvalue weighted by Gasteiger charge is 2.01. The molecular weight excluding hydrogens is 312 g/mol. The van der Waals surface area contributed by atoms with E-state index in [-0.39, 0.29) is 11.7 Å². The van der Waals surface area contributed by atoms with E-state index in [0.717, 1.165) is 22.7 Å². The molecule has 4 heteroatoms. The molecule has 2 rings (SSSR count). The van der Waals surface area contributed by atoms with Crippen LogP contribution in [0.2, 0.25) is 0 Å².